The second-order valence-corrected chi connectivity index (χ2v) is 8.63. The number of aromatic nitrogens is 2. The van der Waals surface area contributed by atoms with Crippen LogP contribution < -0.4 is 19.8 Å². The van der Waals surface area contributed by atoms with Crippen LogP contribution in [0.2, 0.25) is 0 Å². The highest BCUT2D eigenvalue weighted by atomic mass is 16.5. The van der Waals surface area contributed by atoms with Gasteiger partial charge in [0.15, 0.2) is 11.5 Å². The van der Waals surface area contributed by atoms with Crippen LogP contribution in [0.5, 0.6) is 23.0 Å². The molecule has 7 nitrogen and oxygen atoms in total. The molecular weight excluding hydrogens is 442 g/mol. The summed E-state index contributed by atoms with van der Waals surface area (Å²) in [5.74, 6) is 3.18. The monoisotopic (exact) mass is 471 g/mol. The molecule has 0 unspecified atom stereocenters. The lowest BCUT2D eigenvalue weighted by Gasteiger charge is -2.17. The van der Waals surface area contributed by atoms with Crippen molar-refractivity contribution < 1.29 is 14.2 Å². The van der Waals surface area contributed by atoms with E-state index >= 15 is 0 Å². The number of nitrogens with zero attached hydrogens (tertiary/aromatic N) is 3. The van der Waals surface area contributed by atoms with E-state index in [1.807, 2.05) is 55.5 Å². The van der Waals surface area contributed by atoms with Crippen molar-refractivity contribution in [1.29, 1.82) is 0 Å². The van der Waals surface area contributed by atoms with Gasteiger partial charge in [-0.3, -0.25) is 14.3 Å². The average Bonchev–Trinajstić information content (AvgIpc) is 3.39. The van der Waals surface area contributed by atoms with Crippen LogP contribution in [0.1, 0.15) is 18.7 Å². The van der Waals surface area contributed by atoms with E-state index in [1.54, 1.807) is 29.9 Å². The number of fused-ring (bicyclic) bond motifs is 1. The number of rotatable bonds is 8. The van der Waals surface area contributed by atoms with E-state index in [0.29, 0.717) is 46.3 Å². The Morgan fingerprint density at radius 1 is 0.914 bits per heavy atom. The zero-order valence-corrected chi connectivity index (χ0v) is 20.1. The number of benzene rings is 3. The van der Waals surface area contributed by atoms with Crippen LogP contribution in [0.25, 0.3) is 16.6 Å². The molecule has 35 heavy (non-hydrogen) atoms. The molecule has 0 amide bonds. The van der Waals surface area contributed by atoms with Gasteiger partial charge in [-0.15, -0.1) is 0 Å². The first kappa shape index (κ1) is 22.9. The standard InChI is InChI=1S/C28H29N3O4/c1-20-29-25-19-23(35-22-8-4-3-5-9-22)11-12-24(25)28(32)31(20)21-10-13-26(27(18-21)33-2)34-17-16-30-14-6-7-15-30/h3-5,8-13,18-19H,6-7,14-17H2,1-2H3. The van der Waals surface area contributed by atoms with Gasteiger partial charge in [0.2, 0.25) is 0 Å². The summed E-state index contributed by atoms with van der Waals surface area (Å²) < 4.78 is 19.1. The van der Waals surface area contributed by atoms with Crippen molar-refractivity contribution in [3.8, 4) is 28.7 Å². The Morgan fingerprint density at radius 2 is 1.71 bits per heavy atom. The third-order valence-corrected chi connectivity index (χ3v) is 6.26. The number of aryl methyl sites for hydroxylation is 1. The molecule has 0 bridgehead atoms. The van der Waals surface area contributed by atoms with Crippen LogP contribution in [0.4, 0.5) is 0 Å². The zero-order valence-electron chi connectivity index (χ0n) is 20.1. The Bertz CT molecular complexity index is 1380. The van der Waals surface area contributed by atoms with Gasteiger partial charge in [-0.2, -0.15) is 0 Å². The van der Waals surface area contributed by atoms with Crippen LogP contribution in [0.15, 0.2) is 71.5 Å². The van der Waals surface area contributed by atoms with Crippen LogP contribution in [-0.2, 0) is 0 Å². The first-order valence-corrected chi connectivity index (χ1v) is 11.9. The molecule has 180 valence electrons. The van der Waals surface area contributed by atoms with Crippen molar-refractivity contribution in [1.82, 2.24) is 14.5 Å². The highest BCUT2D eigenvalue weighted by molar-refractivity contribution is 5.79. The average molecular weight is 472 g/mol. The van der Waals surface area contributed by atoms with Crippen LogP contribution in [-0.4, -0.2) is 47.8 Å². The molecule has 0 N–H and O–H groups in total. The summed E-state index contributed by atoms with van der Waals surface area (Å²) in [4.78, 5) is 20.5. The highest BCUT2D eigenvalue weighted by Crippen LogP contribution is 2.30. The third-order valence-electron chi connectivity index (χ3n) is 6.26. The first-order chi connectivity index (χ1) is 17.1. The van der Waals surface area contributed by atoms with Crippen molar-refractivity contribution in [2.45, 2.75) is 19.8 Å². The molecule has 4 aromatic rings. The van der Waals surface area contributed by atoms with Gasteiger partial charge in [-0.1, -0.05) is 18.2 Å². The lowest BCUT2D eigenvalue weighted by Crippen LogP contribution is -2.25. The summed E-state index contributed by atoms with van der Waals surface area (Å²) in [6.45, 7) is 5.58. The van der Waals surface area contributed by atoms with Crippen LogP contribution in [0, 0.1) is 6.92 Å². The van der Waals surface area contributed by atoms with E-state index in [1.165, 1.54) is 12.8 Å². The normalized spacial score (nSPS) is 13.8. The number of ether oxygens (including phenoxy) is 3. The molecule has 1 aromatic heterocycles. The second kappa shape index (κ2) is 10.2. The first-order valence-electron chi connectivity index (χ1n) is 11.9. The maximum atomic E-state index is 13.4. The van der Waals surface area contributed by atoms with E-state index in [0.717, 1.165) is 25.4 Å². The molecule has 0 atom stereocenters. The topological polar surface area (TPSA) is 65.8 Å². The molecule has 0 aliphatic carbocycles. The molecule has 0 saturated carbocycles. The predicted molar refractivity (Wildman–Crippen MR) is 136 cm³/mol. The molecule has 2 heterocycles. The summed E-state index contributed by atoms with van der Waals surface area (Å²) in [5, 5.41) is 0.515. The molecule has 1 aliphatic heterocycles. The van der Waals surface area contributed by atoms with E-state index in [2.05, 4.69) is 4.90 Å². The van der Waals surface area contributed by atoms with Crippen molar-refractivity contribution in [2.24, 2.45) is 0 Å². The number of para-hydroxylation sites is 1. The smallest absolute Gasteiger partial charge is 0.265 e. The largest absolute Gasteiger partial charge is 0.493 e. The van der Waals surface area contributed by atoms with E-state index < -0.39 is 0 Å². The number of methoxy groups -OCH3 is 1. The summed E-state index contributed by atoms with van der Waals surface area (Å²) in [6.07, 6.45) is 2.51. The number of hydrogen-bond acceptors (Lipinski definition) is 6. The van der Waals surface area contributed by atoms with Gasteiger partial charge in [-0.25, -0.2) is 4.98 Å². The molecule has 1 fully saturated rings. The quantitative estimate of drug-likeness (QED) is 0.362. The number of likely N-dealkylation sites (tertiary alicyclic amines) is 1. The van der Waals surface area contributed by atoms with Gasteiger partial charge in [0.05, 0.1) is 23.7 Å². The van der Waals surface area contributed by atoms with Crippen molar-refractivity contribution in [2.75, 3.05) is 33.4 Å². The minimum Gasteiger partial charge on any atom is -0.493 e. The molecule has 0 spiro atoms. The van der Waals surface area contributed by atoms with Gasteiger partial charge in [-0.05, 0) is 69.3 Å². The Kier molecular flexibility index (Phi) is 6.68. The Labute approximate surface area is 204 Å². The van der Waals surface area contributed by atoms with Gasteiger partial charge < -0.3 is 14.2 Å². The molecule has 1 saturated heterocycles. The Hall–Kier alpha value is -3.84. The minimum absolute atomic E-state index is 0.150. The summed E-state index contributed by atoms with van der Waals surface area (Å²) in [6, 6.07) is 20.4. The summed E-state index contributed by atoms with van der Waals surface area (Å²) >= 11 is 0. The maximum Gasteiger partial charge on any atom is 0.265 e. The molecule has 1 aliphatic rings. The lowest BCUT2D eigenvalue weighted by atomic mass is 10.2. The van der Waals surface area contributed by atoms with E-state index in [4.69, 9.17) is 19.2 Å². The van der Waals surface area contributed by atoms with E-state index in [-0.39, 0.29) is 5.56 Å². The van der Waals surface area contributed by atoms with Gasteiger partial charge in [0, 0.05) is 18.7 Å². The predicted octanol–water partition coefficient (Wildman–Crippen LogP) is 4.97. The summed E-state index contributed by atoms with van der Waals surface area (Å²) in [7, 11) is 1.61. The van der Waals surface area contributed by atoms with Gasteiger partial charge in [0.1, 0.15) is 23.9 Å². The highest BCUT2D eigenvalue weighted by Gasteiger charge is 2.15. The fourth-order valence-corrected chi connectivity index (χ4v) is 4.47. The lowest BCUT2D eigenvalue weighted by molar-refractivity contribution is 0.230. The fraction of sp³-hybridized carbons (Fsp3) is 0.286. The molecular formula is C28H29N3O4. The van der Waals surface area contributed by atoms with Crippen molar-refractivity contribution in [3.63, 3.8) is 0 Å². The second-order valence-electron chi connectivity index (χ2n) is 8.63. The van der Waals surface area contributed by atoms with Crippen molar-refractivity contribution >= 4 is 10.9 Å². The fourth-order valence-electron chi connectivity index (χ4n) is 4.47. The molecule has 7 heteroatoms. The SMILES string of the molecule is COc1cc(-n2c(C)nc3cc(Oc4ccccc4)ccc3c2=O)ccc1OCCN1CCCC1. The maximum absolute atomic E-state index is 13.4. The number of hydrogen-bond donors (Lipinski definition) is 0. The molecule has 3 aromatic carbocycles. The Morgan fingerprint density at radius 3 is 2.49 bits per heavy atom. The minimum atomic E-state index is -0.150. The van der Waals surface area contributed by atoms with Crippen molar-refractivity contribution in [3.05, 3.63) is 82.9 Å². The van der Waals surface area contributed by atoms with Gasteiger partial charge in [0.25, 0.3) is 5.56 Å². The van der Waals surface area contributed by atoms with Gasteiger partial charge >= 0.3 is 0 Å². The zero-order chi connectivity index (χ0) is 24.2. The molecule has 5 rings (SSSR count). The summed E-state index contributed by atoms with van der Waals surface area (Å²) in [5.41, 5.74) is 1.12. The third kappa shape index (κ3) is 5.00. The van der Waals surface area contributed by atoms with Crippen LogP contribution >= 0.6 is 0 Å². The van der Waals surface area contributed by atoms with E-state index in [9.17, 15) is 4.79 Å². The Balaban J connectivity index is 1.41. The van der Waals surface area contributed by atoms with Crippen LogP contribution in [0.3, 0.4) is 0 Å². The molecule has 0 radical (unpaired) electrons.